The van der Waals surface area contributed by atoms with Crippen molar-refractivity contribution in [3.63, 3.8) is 0 Å². The minimum Gasteiger partial charge on any atom is -0.490 e. The average molecular weight is 336 g/mol. The molecular weight excluding hydrogens is 316 g/mol. The predicted octanol–water partition coefficient (Wildman–Crippen LogP) is 0.933. The molecule has 0 unspecified atom stereocenters. The number of hydrogen-bond donors (Lipinski definition) is 3. The second-order valence-corrected chi connectivity index (χ2v) is 4.67. The lowest BCUT2D eigenvalue weighted by Crippen LogP contribution is -2.31. The summed E-state index contributed by atoms with van der Waals surface area (Å²) in [6.45, 7) is 6.24. The van der Waals surface area contributed by atoms with Crippen LogP contribution in [0.4, 0.5) is 0 Å². The Morgan fingerprint density at radius 3 is 2.87 bits per heavy atom. The highest BCUT2D eigenvalue weighted by Gasteiger charge is 2.07. The first-order chi connectivity index (χ1) is 11.1. The van der Waals surface area contributed by atoms with Crippen LogP contribution >= 0.6 is 12.2 Å². The number of benzene rings is 1. The number of rotatable bonds is 9. The summed E-state index contributed by atoms with van der Waals surface area (Å²) >= 11 is 5.01. The van der Waals surface area contributed by atoms with E-state index in [1.807, 2.05) is 6.92 Å². The van der Waals surface area contributed by atoms with Crippen molar-refractivity contribution in [2.75, 3.05) is 19.8 Å². The van der Waals surface area contributed by atoms with E-state index in [9.17, 15) is 4.79 Å². The van der Waals surface area contributed by atoms with Gasteiger partial charge in [-0.15, -0.1) is 6.58 Å². The molecule has 0 aromatic heterocycles. The van der Waals surface area contributed by atoms with Gasteiger partial charge in [0.25, 0.3) is 5.91 Å². The van der Waals surface area contributed by atoms with Crippen molar-refractivity contribution >= 4 is 29.5 Å². The Morgan fingerprint density at radius 2 is 2.22 bits per heavy atom. The molecule has 0 heterocycles. The molecule has 8 heteroatoms. The SMILES string of the molecule is C=CCNC(=S)N/N=C/c1ccc(OCC(N)=O)c(OCC)c1. The Morgan fingerprint density at radius 1 is 1.43 bits per heavy atom. The van der Waals surface area contributed by atoms with Crippen LogP contribution in [0, 0.1) is 0 Å². The number of carbonyl (C=O) groups excluding carboxylic acids is 1. The molecule has 0 bridgehead atoms. The number of nitrogens with zero attached hydrogens (tertiary/aromatic N) is 1. The smallest absolute Gasteiger partial charge is 0.255 e. The van der Waals surface area contributed by atoms with Gasteiger partial charge in [-0.25, -0.2) is 0 Å². The lowest BCUT2D eigenvalue weighted by Gasteiger charge is -2.11. The van der Waals surface area contributed by atoms with E-state index in [0.29, 0.717) is 29.8 Å². The van der Waals surface area contributed by atoms with E-state index in [1.54, 1.807) is 30.5 Å². The maximum absolute atomic E-state index is 10.8. The highest BCUT2D eigenvalue weighted by atomic mass is 32.1. The molecule has 1 rings (SSSR count). The summed E-state index contributed by atoms with van der Waals surface area (Å²) < 4.78 is 10.8. The van der Waals surface area contributed by atoms with Crippen LogP contribution in [0.15, 0.2) is 36.0 Å². The van der Waals surface area contributed by atoms with Crippen molar-refractivity contribution < 1.29 is 14.3 Å². The van der Waals surface area contributed by atoms with Crippen molar-refractivity contribution in [2.24, 2.45) is 10.8 Å². The fourth-order valence-electron chi connectivity index (χ4n) is 1.51. The lowest BCUT2D eigenvalue weighted by molar-refractivity contribution is -0.119. The van der Waals surface area contributed by atoms with E-state index in [0.717, 1.165) is 5.56 Å². The van der Waals surface area contributed by atoms with Gasteiger partial charge in [-0.05, 0) is 42.9 Å². The van der Waals surface area contributed by atoms with Crippen LogP contribution in [0.5, 0.6) is 11.5 Å². The van der Waals surface area contributed by atoms with E-state index < -0.39 is 5.91 Å². The summed E-state index contributed by atoms with van der Waals surface area (Å²) in [5.74, 6) is 0.395. The van der Waals surface area contributed by atoms with Gasteiger partial charge in [0, 0.05) is 6.54 Å². The van der Waals surface area contributed by atoms with Gasteiger partial charge in [0.15, 0.2) is 23.2 Å². The normalized spacial score (nSPS) is 10.1. The van der Waals surface area contributed by atoms with Crippen LogP contribution in [0.2, 0.25) is 0 Å². The second kappa shape index (κ2) is 10.2. The Balaban J connectivity index is 2.72. The molecule has 1 amide bonds. The highest BCUT2D eigenvalue weighted by molar-refractivity contribution is 7.80. The summed E-state index contributed by atoms with van der Waals surface area (Å²) in [4.78, 5) is 10.8. The van der Waals surface area contributed by atoms with Crippen molar-refractivity contribution in [3.8, 4) is 11.5 Å². The zero-order chi connectivity index (χ0) is 17.1. The van der Waals surface area contributed by atoms with Gasteiger partial charge < -0.3 is 20.5 Å². The maximum atomic E-state index is 10.8. The van der Waals surface area contributed by atoms with Gasteiger partial charge in [0.2, 0.25) is 0 Å². The minimum atomic E-state index is -0.553. The molecule has 124 valence electrons. The first-order valence-corrected chi connectivity index (χ1v) is 7.33. The van der Waals surface area contributed by atoms with Crippen LogP contribution in [-0.4, -0.2) is 37.0 Å². The first kappa shape index (κ1) is 18.4. The van der Waals surface area contributed by atoms with Gasteiger partial charge >= 0.3 is 0 Å². The number of hydrogen-bond acceptors (Lipinski definition) is 5. The monoisotopic (exact) mass is 336 g/mol. The Hall–Kier alpha value is -2.61. The Kier molecular flexibility index (Phi) is 8.16. The van der Waals surface area contributed by atoms with Crippen molar-refractivity contribution in [2.45, 2.75) is 6.92 Å². The number of primary amides is 1. The fraction of sp³-hybridized carbons (Fsp3) is 0.267. The minimum absolute atomic E-state index is 0.210. The molecular formula is C15H20N4O3S. The molecule has 1 aromatic rings. The van der Waals surface area contributed by atoms with E-state index in [-0.39, 0.29) is 6.61 Å². The average Bonchev–Trinajstić information content (AvgIpc) is 2.52. The Bertz CT molecular complexity index is 590. The second-order valence-electron chi connectivity index (χ2n) is 4.26. The number of amides is 1. The Labute approximate surface area is 140 Å². The summed E-state index contributed by atoms with van der Waals surface area (Å²) in [6.07, 6.45) is 3.28. The van der Waals surface area contributed by atoms with Gasteiger partial charge in [-0.3, -0.25) is 10.2 Å². The van der Waals surface area contributed by atoms with E-state index >= 15 is 0 Å². The highest BCUT2D eigenvalue weighted by Crippen LogP contribution is 2.27. The third kappa shape index (κ3) is 7.28. The third-order valence-electron chi connectivity index (χ3n) is 2.42. The summed E-state index contributed by atoms with van der Waals surface area (Å²) in [5, 5.41) is 7.30. The summed E-state index contributed by atoms with van der Waals surface area (Å²) in [7, 11) is 0. The quantitative estimate of drug-likeness (QED) is 0.269. The molecule has 0 spiro atoms. The number of thiocarbonyl (C=S) groups is 1. The van der Waals surface area contributed by atoms with Gasteiger partial charge in [-0.2, -0.15) is 5.10 Å². The molecule has 0 aliphatic rings. The fourth-order valence-corrected chi connectivity index (χ4v) is 1.65. The topological polar surface area (TPSA) is 98.0 Å². The van der Waals surface area contributed by atoms with Crippen molar-refractivity contribution in [3.05, 3.63) is 36.4 Å². The third-order valence-corrected chi connectivity index (χ3v) is 2.66. The van der Waals surface area contributed by atoms with E-state index in [4.69, 9.17) is 27.4 Å². The zero-order valence-corrected chi connectivity index (χ0v) is 13.7. The molecule has 0 fully saturated rings. The van der Waals surface area contributed by atoms with Crippen LogP contribution in [-0.2, 0) is 4.79 Å². The zero-order valence-electron chi connectivity index (χ0n) is 12.9. The molecule has 0 saturated carbocycles. The summed E-state index contributed by atoms with van der Waals surface area (Å²) in [5.41, 5.74) is 8.52. The largest absolute Gasteiger partial charge is 0.490 e. The summed E-state index contributed by atoms with van der Waals surface area (Å²) in [6, 6.07) is 5.19. The molecule has 7 nitrogen and oxygen atoms in total. The first-order valence-electron chi connectivity index (χ1n) is 6.92. The number of hydrazone groups is 1. The molecule has 0 radical (unpaired) electrons. The van der Waals surface area contributed by atoms with E-state index in [1.165, 1.54) is 0 Å². The van der Waals surface area contributed by atoms with Crippen LogP contribution < -0.4 is 25.9 Å². The molecule has 0 atom stereocenters. The van der Waals surface area contributed by atoms with Crippen molar-refractivity contribution in [1.29, 1.82) is 0 Å². The van der Waals surface area contributed by atoms with Crippen molar-refractivity contribution in [1.82, 2.24) is 10.7 Å². The van der Waals surface area contributed by atoms with Crippen LogP contribution in [0.1, 0.15) is 12.5 Å². The standard InChI is InChI=1S/C15H20N4O3S/c1-3-7-17-15(23)19-18-9-11-5-6-12(22-10-14(16)20)13(8-11)21-4-2/h3,5-6,8-9H,1,4,7,10H2,2H3,(H2,16,20)(H2,17,19,23)/b18-9+. The molecule has 0 aliphatic carbocycles. The molecule has 23 heavy (non-hydrogen) atoms. The van der Waals surface area contributed by atoms with Crippen LogP contribution in [0.3, 0.4) is 0 Å². The predicted molar refractivity (Wildman–Crippen MR) is 93.8 cm³/mol. The number of nitrogens with two attached hydrogens (primary N) is 1. The number of carbonyl (C=O) groups is 1. The maximum Gasteiger partial charge on any atom is 0.255 e. The van der Waals surface area contributed by atoms with Gasteiger partial charge in [0.05, 0.1) is 12.8 Å². The van der Waals surface area contributed by atoms with E-state index in [2.05, 4.69) is 22.4 Å². The molecule has 0 aliphatic heterocycles. The molecule has 0 saturated heterocycles. The number of ether oxygens (including phenoxy) is 2. The molecule has 4 N–H and O–H groups in total. The van der Waals surface area contributed by atoms with Gasteiger partial charge in [0.1, 0.15) is 0 Å². The lowest BCUT2D eigenvalue weighted by atomic mass is 10.2. The van der Waals surface area contributed by atoms with Crippen LogP contribution in [0.25, 0.3) is 0 Å². The number of nitrogens with one attached hydrogen (secondary N) is 2. The molecule has 1 aromatic carbocycles. The van der Waals surface area contributed by atoms with Gasteiger partial charge in [-0.1, -0.05) is 6.08 Å².